The van der Waals surface area contributed by atoms with E-state index in [1.165, 1.54) is 6.07 Å². The fraction of sp³-hybridized carbons (Fsp3) is 0.375. The first-order valence-electron chi connectivity index (χ1n) is 11.1. The number of hydrogen-bond donors (Lipinski definition) is 7. The summed E-state index contributed by atoms with van der Waals surface area (Å²) in [6, 6.07) is 2.31. The van der Waals surface area contributed by atoms with Crippen LogP contribution in [0.2, 0.25) is 0 Å². The molecule has 1 saturated carbocycles. The van der Waals surface area contributed by atoms with Crippen LogP contribution in [0.15, 0.2) is 12.1 Å². The number of anilines is 1. The standard InChI is InChI=1S/C24H24N2O10/c1-7(2)5-12(29)26-9-3-4-10(27)14-13(9)19(31)16-17(20(14)32)22(34)24(36)8(18(16)30)6-11(28)15(21(24)33)23(25)35/h3-4,7-8,15,18,27,30-32,36H,5-6H2,1-2H3,(H2,25,35)(H,26,29)/t8-,15?,18-,24-/m1/s1. The number of nitrogens with two attached hydrogens (primary N) is 1. The van der Waals surface area contributed by atoms with Crippen molar-refractivity contribution in [2.45, 2.75) is 38.4 Å². The summed E-state index contributed by atoms with van der Waals surface area (Å²) in [5, 5.41) is 56.6. The number of aromatic hydroxyl groups is 3. The molecule has 36 heavy (non-hydrogen) atoms. The Morgan fingerprint density at radius 2 is 1.75 bits per heavy atom. The molecular formula is C24H24N2O10. The van der Waals surface area contributed by atoms with Gasteiger partial charge in [0.1, 0.15) is 17.2 Å². The lowest BCUT2D eigenvalue weighted by molar-refractivity contribution is -0.163. The van der Waals surface area contributed by atoms with Gasteiger partial charge < -0.3 is 36.6 Å². The molecule has 2 aliphatic carbocycles. The van der Waals surface area contributed by atoms with Crippen LogP contribution in [0.1, 0.15) is 48.7 Å². The van der Waals surface area contributed by atoms with Gasteiger partial charge in [-0.15, -0.1) is 0 Å². The number of amides is 2. The second kappa shape index (κ2) is 8.28. The highest BCUT2D eigenvalue weighted by Gasteiger charge is 2.65. The Hall–Kier alpha value is -4.03. The van der Waals surface area contributed by atoms with Gasteiger partial charge in [-0.25, -0.2) is 0 Å². The van der Waals surface area contributed by atoms with Crippen LogP contribution < -0.4 is 11.1 Å². The summed E-state index contributed by atoms with van der Waals surface area (Å²) in [6.07, 6.45) is -2.75. The van der Waals surface area contributed by atoms with Crippen LogP contribution in [0, 0.1) is 17.8 Å². The maximum atomic E-state index is 13.4. The molecule has 0 spiro atoms. The number of hydrogen-bond acceptors (Lipinski definition) is 10. The van der Waals surface area contributed by atoms with Gasteiger partial charge in [-0.3, -0.25) is 24.0 Å². The molecule has 2 amide bonds. The molecule has 2 aliphatic rings. The molecule has 8 N–H and O–H groups in total. The molecule has 0 saturated heterocycles. The van der Waals surface area contributed by atoms with Gasteiger partial charge in [0.25, 0.3) is 0 Å². The Labute approximate surface area is 203 Å². The Balaban J connectivity index is 2.00. The molecule has 12 nitrogen and oxygen atoms in total. The lowest BCUT2D eigenvalue weighted by atomic mass is 9.59. The summed E-state index contributed by atoms with van der Waals surface area (Å²) in [5.41, 5.74) is 0.455. The van der Waals surface area contributed by atoms with E-state index in [0.717, 1.165) is 6.07 Å². The van der Waals surface area contributed by atoms with Gasteiger partial charge in [0, 0.05) is 24.3 Å². The molecular weight excluding hydrogens is 476 g/mol. The number of benzene rings is 2. The Kier molecular flexibility index (Phi) is 5.77. The fourth-order valence-corrected chi connectivity index (χ4v) is 5.11. The van der Waals surface area contributed by atoms with E-state index in [-0.39, 0.29) is 23.4 Å². The molecule has 0 aliphatic heterocycles. The quantitative estimate of drug-likeness (QED) is 0.222. The number of nitrogens with one attached hydrogen (secondary N) is 1. The van der Waals surface area contributed by atoms with Crippen LogP contribution in [0.5, 0.6) is 17.2 Å². The first-order chi connectivity index (χ1) is 16.7. The number of aliphatic hydroxyl groups excluding tert-OH is 1. The van der Waals surface area contributed by atoms with Crippen LogP contribution in [0.4, 0.5) is 5.69 Å². The van der Waals surface area contributed by atoms with Crippen molar-refractivity contribution in [1.82, 2.24) is 0 Å². The lowest BCUT2D eigenvalue weighted by Crippen LogP contribution is -2.65. The normalized spacial score (nSPS) is 25.6. The smallest absolute Gasteiger partial charge is 0.235 e. The van der Waals surface area contributed by atoms with Crippen LogP contribution in [-0.2, 0) is 19.2 Å². The number of phenols is 3. The highest BCUT2D eigenvalue weighted by molar-refractivity contribution is 6.32. The Bertz CT molecular complexity index is 1380. The number of fused-ring (bicyclic) bond motifs is 3. The summed E-state index contributed by atoms with van der Waals surface area (Å²) in [7, 11) is 0. The minimum absolute atomic E-state index is 0.0223. The number of Topliss-reactive ketones (excluding diaryl/α,β-unsaturated/α-hetero) is 3. The first-order valence-corrected chi connectivity index (χ1v) is 11.1. The van der Waals surface area contributed by atoms with Crippen molar-refractivity contribution < 1.29 is 49.5 Å². The van der Waals surface area contributed by atoms with Crippen molar-refractivity contribution in [1.29, 1.82) is 0 Å². The zero-order valence-corrected chi connectivity index (χ0v) is 19.2. The molecule has 1 unspecified atom stereocenters. The minimum Gasteiger partial charge on any atom is -0.507 e. The SMILES string of the molecule is CC(C)CC(=O)Nc1ccc(O)c2c(O)c3c(c(O)c12)[C@H](O)[C@H]1CC(=O)C(C(N)=O)C(=O)[C@@]1(O)C3=O. The van der Waals surface area contributed by atoms with Crippen molar-refractivity contribution in [3.8, 4) is 17.2 Å². The molecule has 0 bridgehead atoms. The fourth-order valence-electron chi connectivity index (χ4n) is 5.11. The maximum Gasteiger partial charge on any atom is 0.235 e. The molecule has 4 rings (SSSR count). The number of carbonyl (C=O) groups excluding carboxylic acids is 5. The monoisotopic (exact) mass is 500 g/mol. The Morgan fingerprint density at radius 1 is 1.11 bits per heavy atom. The number of aliphatic hydroxyl groups is 2. The topological polar surface area (TPSA) is 225 Å². The van der Waals surface area contributed by atoms with E-state index in [9.17, 15) is 49.5 Å². The largest absolute Gasteiger partial charge is 0.507 e. The van der Waals surface area contributed by atoms with Crippen LogP contribution in [0.25, 0.3) is 10.8 Å². The molecule has 190 valence electrons. The van der Waals surface area contributed by atoms with E-state index in [1.54, 1.807) is 13.8 Å². The number of primary amides is 1. The van der Waals surface area contributed by atoms with Crippen molar-refractivity contribution in [2.75, 3.05) is 5.32 Å². The van der Waals surface area contributed by atoms with E-state index < -0.39 is 92.9 Å². The van der Waals surface area contributed by atoms with Gasteiger partial charge in [-0.2, -0.15) is 0 Å². The first kappa shape index (κ1) is 25.1. The predicted octanol–water partition coefficient (Wildman–Crippen LogP) is 0.162. The number of carbonyl (C=O) groups is 5. The third-order valence-corrected chi connectivity index (χ3v) is 6.74. The van der Waals surface area contributed by atoms with Gasteiger partial charge >= 0.3 is 0 Å². The van der Waals surface area contributed by atoms with E-state index in [2.05, 4.69) is 5.32 Å². The van der Waals surface area contributed by atoms with Gasteiger partial charge in [0.15, 0.2) is 23.1 Å². The highest BCUT2D eigenvalue weighted by atomic mass is 16.3. The molecule has 4 atom stereocenters. The number of phenolic OH excluding ortho intramolecular Hbond substituents is 3. The molecule has 1 fully saturated rings. The van der Waals surface area contributed by atoms with Crippen molar-refractivity contribution >= 4 is 45.6 Å². The summed E-state index contributed by atoms with van der Waals surface area (Å²) < 4.78 is 0. The molecule has 0 radical (unpaired) electrons. The summed E-state index contributed by atoms with van der Waals surface area (Å²) in [4.78, 5) is 62.9. The second-order valence-electron chi connectivity index (χ2n) is 9.53. The third-order valence-electron chi connectivity index (χ3n) is 6.74. The van der Waals surface area contributed by atoms with E-state index in [0.29, 0.717) is 0 Å². The molecule has 2 aromatic rings. The zero-order valence-electron chi connectivity index (χ0n) is 19.2. The van der Waals surface area contributed by atoms with Crippen molar-refractivity contribution in [3.63, 3.8) is 0 Å². The summed E-state index contributed by atoms with van der Waals surface area (Å²) in [6.45, 7) is 3.60. The highest BCUT2D eigenvalue weighted by Crippen LogP contribution is 2.56. The summed E-state index contributed by atoms with van der Waals surface area (Å²) >= 11 is 0. The van der Waals surface area contributed by atoms with Crippen LogP contribution in [0.3, 0.4) is 0 Å². The lowest BCUT2D eigenvalue weighted by Gasteiger charge is -2.45. The molecule has 12 heteroatoms. The maximum absolute atomic E-state index is 13.4. The average molecular weight is 500 g/mol. The predicted molar refractivity (Wildman–Crippen MR) is 122 cm³/mol. The van der Waals surface area contributed by atoms with Crippen LogP contribution >= 0.6 is 0 Å². The van der Waals surface area contributed by atoms with E-state index in [4.69, 9.17) is 5.73 Å². The minimum atomic E-state index is -3.11. The Morgan fingerprint density at radius 3 is 2.33 bits per heavy atom. The second-order valence-corrected chi connectivity index (χ2v) is 9.53. The zero-order chi connectivity index (χ0) is 26.9. The molecule has 0 aromatic heterocycles. The van der Waals surface area contributed by atoms with E-state index >= 15 is 0 Å². The number of ketones is 3. The number of rotatable bonds is 4. The van der Waals surface area contributed by atoms with Gasteiger partial charge in [0.2, 0.25) is 17.6 Å². The van der Waals surface area contributed by atoms with Crippen LogP contribution in [-0.4, -0.2) is 60.3 Å². The van der Waals surface area contributed by atoms with Gasteiger partial charge in [-0.1, -0.05) is 13.8 Å². The average Bonchev–Trinajstić information content (AvgIpc) is 2.77. The van der Waals surface area contributed by atoms with Gasteiger partial charge in [-0.05, 0) is 18.1 Å². The van der Waals surface area contributed by atoms with Gasteiger partial charge in [0.05, 0.1) is 28.1 Å². The third kappa shape index (κ3) is 3.33. The van der Waals surface area contributed by atoms with Crippen molar-refractivity contribution in [2.24, 2.45) is 23.5 Å². The molecule has 0 heterocycles. The van der Waals surface area contributed by atoms with Crippen molar-refractivity contribution in [3.05, 3.63) is 23.3 Å². The summed E-state index contributed by atoms with van der Waals surface area (Å²) in [5.74, 6) is -12.3. The van der Waals surface area contributed by atoms with E-state index in [1.807, 2.05) is 0 Å². The molecule has 2 aromatic carbocycles.